The fourth-order valence-electron chi connectivity index (χ4n) is 2.63. The van der Waals surface area contributed by atoms with Crippen molar-refractivity contribution >= 4 is 45.3 Å². The van der Waals surface area contributed by atoms with Gasteiger partial charge >= 0.3 is 6.03 Å². The maximum atomic E-state index is 12.6. The van der Waals surface area contributed by atoms with Crippen LogP contribution in [-0.4, -0.2) is 33.2 Å². The number of urea groups is 1. The van der Waals surface area contributed by atoms with Gasteiger partial charge in [-0.25, -0.2) is 9.78 Å². The molecule has 0 aliphatic heterocycles. The molecule has 0 aliphatic carbocycles. The van der Waals surface area contributed by atoms with Gasteiger partial charge in [0, 0.05) is 10.4 Å². The Labute approximate surface area is 173 Å². The first-order chi connectivity index (χ1) is 13.0. The van der Waals surface area contributed by atoms with E-state index in [1.54, 1.807) is 0 Å². The van der Waals surface area contributed by atoms with Crippen LogP contribution in [0.4, 0.5) is 4.79 Å². The second-order valence-electron chi connectivity index (χ2n) is 7.95. The van der Waals surface area contributed by atoms with E-state index in [1.807, 2.05) is 27.7 Å². The van der Waals surface area contributed by atoms with Crippen LogP contribution in [0.15, 0.2) is 9.95 Å². The van der Waals surface area contributed by atoms with Gasteiger partial charge in [0.05, 0.1) is 11.1 Å². The molecule has 0 saturated carbocycles. The Morgan fingerprint density at radius 1 is 1.32 bits per heavy atom. The molecule has 9 heteroatoms. The highest BCUT2D eigenvalue weighted by atomic mass is 32.2. The Bertz CT molecular complexity index is 928. The topological polar surface area (TPSA) is 104 Å². The Morgan fingerprint density at radius 3 is 2.61 bits per heavy atom. The highest BCUT2D eigenvalue weighted by molar-refractivity contribution is 7.99. The number of aromatic nitrogens is 2. The van der Waals surface area contributed by atoms with Crippen LogP contribution in [-0.2, 0) is 11.2 Å². The van der Waals surface area contributed by atoms with Gasteiger partial charge in [-0.15, -0.1) is 11.3 Å². The number of nitrogens with one attached hydrogen (secondary N) is 3. The second kappa shape index (κ2) is 9.09. The van der Waals surface area contributed by atoms with Crippen LogP contribution in [0.2, 0.25) is 0 Å². The highest BCUT2D eigenvalue weighted by Gasteiger charge is 2.18. The van der Waals surface area contributed by atoms with Gasteiger partial charge in [-0.3, -0.25) is 14.9 Å². The maximum Gasteiger partial charge on any atom is 0.321 e. The molecule has 0 aliphatic rings. The summed E-state index contributed by atoms with van der Waals surface area (Å²) in [6.45, 7) is 11.8. The zero-order chi connectivity index (χ0) is 21.1. The van der Waals surface area contributed by atoms with Gasteiger partial charge in [0.2, 0.25) is 5.91 Å². The minimum atomic E-state index is -0.543. The molecule has 0 bridgehead atoms. The third-order valence-corrected chi connectivity index (χ3v) is 6.09. The summed E-state index contributed by atoms with van der Waals surface area (Å²) in [4.78, 5) is 45.4. The number of thiophene rings is 1. The molecule has 2 aromatic rings. The van der Waals surface area contributed by atoms with Crippen LogP contribution in [0.1, 0.15) is 51.5 Å². The molecule has 0 spiro atoms. The maximum absolute atomic E-state index is 12.6. The Morgan fingerprint density at radius 2 is 2.00 bits per heavy atom. The molecule has 0 radical (unpaired) electrons. The van der Waals surface area contributed by atoms with Gasteiger partial charge < -0.3 is 10.3 Å². The number of H-pyrrole nitrogens is 1. The molecule has 0 aromatic carbocycles. The van der Waals surface area contributed by atoms with E-state index in [-0.39, 0.29) is 11.3 Å². The number of imide groups is 1. The summed E-state index contributed by atoms with van der Waals surface area (Å²) in [6.07, 6.45) is 1.90. The fourth-order valence-corrected chi connectivity index (χ4v) is 4.40. The summed E-state index contributed by atoms with van der Waals surface area (Å²) in [5.41, 5.74) is 0.455. The van der Waals surface area contributed by atoms with Crippen LogP contribution in [0.3, 0.4) is 0 Å². The Kier molecular flexibility index (Phi) is 7.28. The lowest BCUT2D eigenvalue weighted by Crippen LogP contribution is -2.48. The largest absolute Gasteiger partial charge is 0.333 e. The first-order valence-corrected chi connectivity index (χ1v) is 11.1. The smallest absolute Gasteiger partial charge is 0.321 e. The molecule has 7 nitrogen and oxygen atoms in total. The minimum absolute atomic E-state index is 0.0178. The standard InChI is InChI=1S/C19H28N4O3S2/c1-7-10(2)8-12-11(3)28-16-14(12)15(25)21-18(22-16)27-9-13(24)20-17(26)23-19(4,5)6/h10H,7-9H2,1-6H3,(H,21,22,25)(H2,20,23,24,26)/t10-/m0/s1. The second-order valence-corrected chi connectivity index (χ2v) is 10.1. The minimum Gasteiger partial charge on any atom is -0.333 e. The van der Waals surface area contributed by atoms with Crippen molar-refractivity contribution in [3.05, 3.63) is 20.8 Å². The molecule has 0 unspecified atom stereocenters. The van der Waals surface area contributed by atoms with Gasteiger partial charge in [-0.2, -0.15) is 0 Å². The third-order valence-electron chi connectivity index (χ3n) is 4.17. The number of carbonyl (C=O) groups is 2. The van der Waals surface area contributed by atoms with E-state index in [4.69, 9.17) is 0 Å². The van der Waals surface area contributed by atoms with E-state index in [0.29, 0.717) is 21.3 Å². The van der Waals surface area contributed by atoms with E-state index in [1.165, 1.54) is 11.3 Å². The molecule has 0 fully saturated rings. The highest BCUT2D eigenvalue weighted by Crippen LogP contribution is 2.30. The van der Waals surface area contributed by atoms with Crippen molar-refractivity contribution in [3.63, 3.8) is 0 Å². The molecule has 154 valence electrons. The van der Waals surface area contributed by atoms with E-state index in [0.717, 1.165) is 35.0 Å². The monoisotopic (exact) mass is 424 g/mol. The van der Waals surface area contributed by atoms with Crippen LogP contribution < -0.4 is 16.2 Å². The van der Waals surface area contributed by atoms with Crippen molar-refractivity contribution < 1.29 is 9.59 Å². The molecule has 28 heavy (non-hydrogen) atoms. The molecule has 3 N–H and O–H groups in total. The first-order valence-electron chi connectivity index (χ1n) is 9.27. The van der Waals surface area contributed by atoms with E-state index in [2.05, 4.69) is 34.4 Å². The average molecular weight is 425 g/mol. The molecular formula is C19H28N4O3S2. The van der Waals surface area contributed by atoms with Gasteiger partial charge in [0.1, 0.15) is 4.83 Å². The lowest BCUT2D eigenvalue weighted by Gasteiger charge is -2.20. The predicted octanol–water partition coefficient (Wildman–Crippen LogP) is 3.60. The molecule has 2 rings (SSSR count). The SMILES string of the molecule is CC[C@H](C)Cc1c(C)sc2nc(SCC(=O)NC(=O)NC(C)(C)C)[nH]c(=O)c12. The number of fused-ring (bicyclic) bond motifs is 1. The first kappa shape index (κ1) is 22.4. The number of hydrogen-bond donors (Lipinski definition) is 3. The van der Waals surface area contributed by atoms with E-state index >= 15 is 0 Å². The van der Waals surface area contributed by atoms with Crippen molar-refractivity contribution in [2.24, 2.45) is 5.92 Å². The van der Waals surface area contributed by atoms with E-state index < -0.39 is 17.5 Å². The Hall–Kier alpha value is -1.87. The number of hydrogen-bond acceptors (Lipinski definition) is 6. The number of carbonyl (C=O) groups excluding carboxylic acids is 2. The normalized spacial score (nSPS) is 12.8. The fraction of sp³-hybridized carbons (Fsp3) is 0.579. The zero-order valence-electron chi connectivity index (χ0n) is 17.2. The number of aromatic amines is 1. The molecular weight excluding hydrogens is 396 g/mol. The zero-order valence-corrected chi connectivity index (χ0v) is 18.8. The van der Waals surface area contributed by atoms with Gasteiger partial charge in [-0.1, -0.05) is 32.0 Å². The number of aryl methyl sites for hydroxylation is 1. The predicted molar refractivity (Wildman–Crippen MR) is 115 cm³/mol. The molecule has 2 heterocycles. The number of nitrogens with zero attached hydrogens (tertiary/aromatic N) is 1. The van der Waals surface area contributed by atoms with Gasteiger partial charge in [0.15, 0.2) is 5.16 Å². The number of amides is 3. The lowest BCUT2D eigenvalue weighted by molar-refractivity contribution is -0.117. The number of thioether (sulfide) groups is 1. The summed E-state index contributed by atoms with van der Waals surface area (Å²) in [5.74, 6) is 0.0259. The summed E-state index contributed by atoms with van der Waals surface area (Å²) >= 11 is 2.60. The number of rotatable bonds is 6. The average Bonchev–Trinajstić information content (AvgIpc) is 2.87. The van der Waals surface area contributed by atoms with Crippen molar-refractivity contribution in [3.8, 4) is 0 Å². The summed E-state index contributed by atoms with van der Waals surface area (Å²) in [6, 6.07) is -0.543. The van der Waals surface area contributed by atoms with Crippen molar-refractivity contribution in [2.75, 3.05) is 5.75 Å². The van der Waals surface area contributed by atoms with Crippen molar-refractivity contribution in [2.45, 2.75) is 65.1 Å². The molecule has 2 aromatic heterocycles. The van der Waals surface area contributed by atoms with Crippen LogP contribution in [0, 0.1) is 12.8 Å². The summed E-state index contributed by atoms with van der Waals surface area (Å²) < 4.78 is 0. The lowest BCUT2D eigenvalue weighted by atomic mass is 9.98. The van der Waals surface area contributed by atoms with Crippen LogP contribution >= 0.6 is 23.1 Å². The molecule has 3 amide bonds. The molecule has 1 atom stereocenters. The van der Waals surface area contributed by atoms with Crippen molar-refractivity contribution in [1.82, 2.24) is 20.6 Å². The summed E-state index contributed by atoms with van der Waals surface area (Å²) in [7, 11) is 0. The van der Waals surface area contributed by atoms with Gasteiger partial charge in [0.25, 0.3) is 5.56 Å². The van der Waals surface area contributed by atoms with Crippen LogP contribution in [0.5, 0.6) is 0 Å². The summed E-state index contributed by atoms with van der Waals surface area (Å²) in [5, 5.41) is 5.96. The van der Waals surface area contributed by atoms with Crippen LogP contribution in [0.25, 0.3) is 10.2 Å². The van der Waals surface area contributed by atoms with Gasteiger partial charge in [-0.05, 0) is 45.6 Å². The van der Waals surface area contributed by atoms with Crippen molar-refractivity contribution in [1.29, 1.82) is 0 Å². The quantitative estimate of drug-likeness (QED) is 0.485. The van der Waals surface area contributed by atoms with E-state index in [9.17, 15) is 14.4 Å². The third kappa shape index (κ3) is 6.07. The molecule has 0 saturated heterocycles. The Balaban J connectivity index is 2.09.